The standard InChI is InChI=1S/2C21H23.C12H9Si.2ClH.Hf/c2*1-3-8-16-14-18-11-7-13-20(21(18)15-16)19-12-6-5-10-17(19)9-4-2;1-3-7-11-9(5-1)10-6-2-4-8-12(10)13-11;;;/h2*5-7,10-15H,3-4,8-9H2,1-2H3;1-7H,13H2;2*1H;/q;;;;;+2/p-2. The van der Waals surface area contributed by atoms with Gasteiger partial charge in [0.05, 0.1) is 0 Å². The van der Waals surface area contributed by atoms with Crippen LogP contribution in [0.2, 0.25) is 0 Å². The van der Waals surface area contributed by atoms with Gasteiger partial charge in [0.15, 0.2) is 0 Å². The average Bonchev–Trinajstić information content (AvgIpc) is 3.94. The third-order valence-corrected chi connectivity index (χ3v) is 45.2. The van der Waals surface area contributed by atoms with Crippen molar-refractivity contribution in [1.82, 2.24) is 0 Å². The molecule has 1 aliphatic heterocycles. The Kier molecular flexibility index (Phi) is 11.1. The molecule has 9 rings (SSSR count). The van der Waals surface area contributed by atoms with Gasteiger partial charge in [-0.1, -0.05) is 0 Å². The Morgan fingerprint density at radius 3 is 1.40 bits per heavy atom. The molecule has 0 amide bonds. The molecular formula is C54H55Cl2HfSi. The predicted molar refractivity (Wildman–Crippen MR) is 254 cm³/mol. The molecule has 293 valence electrons. The van der Waals surface area contributed by atoms with Crippen LogP contribution in [0.15, 0.2) is 139 Å². The van der Waals surface area contributed by atoms with Crippen LogP contribution in [0, 0.1) is 0 Å². The van der Waals surface area contributed by atoms with Crippen LogP contribution < -0.4 is 13.7 Å². The normalized spacial score (nSPS) is 17.6. The van der Waals surface area contributed by atoms with Gasteiger partial charge >= 0.3 is 360 Å². The Hall–Kier alpha value is -3.53. The van der Waals surface area contributed by atoms with Gasteiger partial charge in [-0.15, -0.1) is 0 Å². The molecule has 6 aromatic carbocycles. The van der Waals surface area contributed by atoms with Crippen LogP contribution in [0.1, 0.15) is 107 Å². The number of hydrogen-bond acceptors (Lipinski definition) is 0. The fourth-order valence-electron chi connectivity index (χ4n) is 11.3. The Labute approximate surface area is 357 Å². The van der Waals surface area contributed by atoms with Crippen molar-refractivity contribution in [3.05, 3.63) is 172 Å². The van der Waals surface area contributed by atoms with E-state index in [-0.39, 0.29) is 7.35 Å². The van der Waals surface area contributed by atoms with Gasteiger partial charge in [0.2, 0.25) is 0 Å². The molecular weight excluding hydrogens is 926 g/mol. The van der Waals surface area contributed by atoms with E-state index < -0.39 is 25.7 Å². The van der Waals surface area contributed by atoms with Gasteiger partial charge < -0.3 is 0 Å². The van der Waals surface area contributed by atoms with Gasteiger partial charge in [-0.25, -0.2) is 0 Å². The van der Waals surface area contributed by atoms with Crippen molar-refractivity contribution in [1.29, 1.82) is 0 Å². The molecule has 0 saturated carbocycles. The van der Waals surface area contributed by atoms with Crippen LogP contribution in [0.5, 0.6) is 0 Å². The number of benzene rings is 6. The van der Waals surface area contributed by atoms with E-state index in [1.165, 1.54) is 91.6 Å². The first-order valence-electron chi connectivity index (χ1n) is 21.9. The summed E-state index contributed by atoms with van der Waals surface area (Å²) in [5, 5.41) is 3.00. The number of fused-ring (bicyclic) bond motifs is 5. The van der Waals surface area contributed by atoms with E-state index in [1.54, 1.807) is 0 Å². The minimum absolute atomic E-state index is 0.0509. The monoisotopic (exact) mass is 981 g/mol. The fourth-order valence-corrected chi connectivity index (χ4v) is 50.4. The molecule has 3 aliphatic rings. The van der Waals surface area contributed by atoms with E-state index in [9.17, 15) is 17.2 Å². The molecule has 0 bridgehead atoms. The maximum atomic E-state index is 9.36. The number of aryl methyl sites for hydroxylation is 2. The molecule has 4 heteroatoms. The summed E-state index contributed by atoms with van der Waals surface area (Å²) in [5.74, 6) is 0. The zero-order valence-corrected chi connectivity index (χ0v) is 41.1. The summed E-state index contributed by atoms with van der Waals surface area (Å²) in [6, 6.07) is 48.3. The SMILES string of the molecule is CCCC1=Cc2c(-c3ccccc3CCC)cccc2[CH]1[Hf]([Cl])([Cl])([c]1cccc2c1[SiH2]c1ccccc1-2)[CH]1C(CCC)=Cc2c(-c3ccccc3CCC)cccc21. The summed E-state index contributed by atoms with van der Waals surface area (Å²) in [6.07, 6.45) is 13.5. The average molecular weight is 982 g/mol. The van der Waals surface area contributed by atoms with Gasteiger partial charge in [-0.05, 0) is 0 Å². The van der Waals surface area contributed by atoms with Crippen LogP contribution >= 0.6 is 17.2 Å². The molecule has 58 heavy (non-hydrogen) atoms. The molecule has 0 aromatic heterocycles. The fraction of sp³-hybridized carbons (Fsp3) is 0.259. The summed E-state index contributed by atoms with van der Waals surface area (Å²) in [4.78, 5) is 0. The topological polar surface area (TPSA) is 0 Å². The Balaban J connectivity index is 1.36. The van der Waals surface area contributed by atoms with Gasteiger partial charge in [0, 0.05) is 0 Å². The Bertz CT molecular complexity index is 2480. The molecule has 0 spiro atoms. The first kappa shape index (κ1) is 39.9. The summed E-state index contributed by atoms with van der Waals surface area (Å²) < 4.78 is 1.23. The summed E-state index contributed by atoms with van der Waals surface area (Å²) in [7, 11) is 17.9. The van der Waals surface area contributed by atoms with E-state index in [0.717, 1.165) is 51.4 Å². The van der Waals surface area contributed by atoms with E-state index >= 15 is 0 Å². The first-order valence-corrected chi connectivity index (χ1v) is 38.2. The number of allylic oxidation sites excluding steroid dienone is 2. The van der Waals surface area contributed by atoms with Crippen LogP contribution in [-0.2, 0) is 29.0 Å². The number of rotatable bonds is 13. The second-order valence-corrected chi connectivity index (χ2v) is 48.2. The Morgan fingerprint density at radius 2 is 0.879 bits per heavy atom. The molecule has 0 saturated heterocycles. The van der Waals surface area contributed by atoms with Crippen molar-refractivity contribution in [2.24, 2.45) is 0 Å². The molecule has 0 fully saturated rings. The van der Waals surface area contributed by atoms with E-state index in [1.807, 2.05) is 0 Å². The zero-order valence-electron chi connectivity index (χ0n) is 34.6. The number of halogens is 2. The maximum absolute atomic E-state index is 9.36. The van der Waals surface area contributed by atoms with Crippen LogP contribution in [0.4, 0.5) is 0 Å². The van der Waals surface area contributed by atoms with Crippen LogP contribution in [-0.4, -0.2) is 9.52 Å². The van der Waals surface area contributed by atoms with Crippen LogP contribution in [0.3, 0.4) is 0 Å². The number of hydrogen-bond donors (Lipinski definition) is 0. The van der Waals surface area contributed by atoms with Crippen molar-refractivity contribution in [3.63, 3.8) is 0 Å². The molecule has 2 atom stereocenters. The summed E-state index contributed by atoms with van der Waals surface area (Å²) in [5.41, 5.74) is 19.1. The third kappa shape index (κ3) is 6.39. The van der Waals surface area contributed by atoms with Crippen molar-refractivity contribution in [2.45, 2.75) is 86.4 Å². The van der Waals surface area contributed by atoms with Crippen molar-refractivity contribution in [2.75, 3.05) is 0 Å². The molecule has 0 radical (unpaired) electrons. The molecule has 6 aromatic rings. The Morgan fingerprint density at radius 1 is 0.448 bits per heavy atom. The van der Waals surface area contributed by atoms with Gasteiger partial charge in [0.1, 0.15) is 0 Å². The molecule has 2 unspecified atom stereocenters. The molecule has 1 heterocycles. The van der Waals surface area contributed by atoms with Gasteiger partial charge in [-0.2, -0.15) is 0 Å². The quantitative estimate of drug-likeness (QED) is 0.101. The van der Waals surface area contributed by atoms with Crippen molar-refractivity contribution < 1.29 is 16.1 Å². The van der Waals surface area contributed by atoms with Gasteiger partial charge in [0.25, 0.3) is 0 Å². The third-order valence-electron chi connectivity index (χ3n) is 13.5. The second kappa shape index (κ2) is 16.1. The van der Waals surface area contributed by atoms with E-state index in [4.69, 9.17) is 0 Å². The molecule has 0 N–H and O–H groups in total. The van der Waals surface area contributed by atoms with E-state index in [2.05, 4.69) is 167 Å². The minimum atomic E-state index is -5.76. The second-order valence-electron chi connectivity index (χ2n) is 17.1. The predicted octanol–water partition coefficient (Wildman–Crippen LogP) is 13.5. The van der Waals surface area contributed by atoms with Crippen LogP contribution in [0.25, 0.3) is 45.5 Å². The molecule has 0 nitrogen and oxygen atoms in total. The summed E-state index contributed by atoms with van der Waals surface area (Å²) in [6.45, 7) is 9.21. The van der Waals surface area contributed by atoms with Crippen molar-refractivity contribution >= 4 is 52.5 Å². The van der Waals surface area contributed by atoms with Crippen molar-refractivity contribution in [3.8, 4) is 33.4 Å². The summed E-state index contributed by atoms with van der Waals surface area (Å²) >= 11 is -5.76. The molecule has 2 aliphatic carbocycles. The first-order chi connectivity index (χ1) is 28.3. The van der Waals surface area contributed by atoms with E-state index in [0.29, 0.717) is 0 Å². The zero-order chi connectivity index (χ0) is 40.0. The van der Waals surface area contributed by atoms with Gasteiger partial charge in [-0.3, -0.25) is 0 Å².